The first-order valence-electron chi connectivity index (χ1n) is 7.27. The molecule has 0 spiro atoms. The van der Waals surface area contributed by atoms with Crippen molar-refractivity contribution in [2.75, 3.05) is 19.6 Å². The molecule has 1 aromatic carbocycles. The summed E-state index contributed by atoms with van der Waals surface area (Å²) in [6, 6.07) is 5.72. The molecule has 0 aromatic heterocycles. The molecule has 8 heteroatoms. The van der Waals surface area contributed by atoms with Crippen LogP contribution in [0.15, 0.2) is 24.3 Å². The number of carbonyl (C=O) groups excluding carboxylic acids is 1. The summed E-state index contributed by atoms with van der Waals surface area (Å²) in [5.41, 5.74) is 0.534. The van der Waals surface area contributed by atoms with Crippen LogP contribution in [0.25, 0.3) is 0 Å². The van der Waals surface area contributed by atoms with Gasteiger partial charge in [0.15, 0.2) is 0 Å². The van der Waals surface area contributed by atoms with Gasteiger partial charge in [0.1, 0.15) is 5.75 Å². The highest BCUT2D eigenvalue weighted by Gasteiger charge is 2.21. The molecule has 2 rings (SSSR count). The summed E-state index contributed by atoms with van der Waals surface area (Å²) in [7, 11) is 0. The molecule has 1 aromatic rings. The van der Waals surface area contributed by atoms with Gasteiger partial charge >= 0.3 is 6.61 Å². The first-order valence-corrected chi connectivity index (χ1v) is 7.27. The Balaban J connectivity index is 0.00000264. The third-order valence-electron chi connectivity index (χ3n) is 3.67. The zero-order valence-corrected chi connectivity index (χ0v) is 13.3. The molecule has 0 saturated carbocycles. The number of amides is 1. The average Bonchev–Trinajstić information content (AvgIpc) is 2.53. The first-order chi connectivity index (χ1) is 10.6. The molecule has 1 saturated heterocycles. The number of rotatable bonds is 6. The van der Waals surface area contributed by atoms with Crippen LogP contribution in [-0.2, 0) is 4.79 Å². The number of ether oxygens (including phenoxy) is 1. The van der Waals surface area contributed by atoms with Crippen LogP contribution >= 0.6 is 12.4 Å². The maximum Gasteiger partial charge on any atom is 0.387 e. The summed E-state index contributed by atoms with van der Waals surface area (Å²) in [4.78, 5) is 12.0. The number of nitrogens with one attached hydrogen (secondary N) is 2. The van der Waals surface area contributed by atoms with E-state index in [1.807, 2.05) is 0 Å². The van der Waals surface area contributed by atoms with E-state index in [1.54, 1.807) is 0 Å². The Labute approximate surface area is 139 Å². The van der Waals surface area contributed by atoms with Gasteiger partial charge in [-0.05, 0) is 43.6 Å². The van der Waals surface area contributed by atoms with Crippen molar-refractivity contribution >= 4 is 18.3 Å². The molecule has 1 aliphatic heterocycles. The standard InChI is InChI=1S/C15H20F2N2O3.ClH/c16-15(17)22-12-3-1-10(2-4-12)13(20)9-19-14(21)11-5-7-18-8-6-11;/h1-4,11,13,15,18,20H,5-9H2,(H,19,21);1H. The van der Waals surface area contributed by atoms with Crippen LogP contribution in [0.5, 0.6) is 5.75 Å². The van der Waals surface area contributed by atoms with E-state index in [2.05, 4.69) is 15.4 Å². The van der Waals surface area contributed by atoms with Crippen molar-refractivity contribution in [2.24, 2.45) is 5.92 Å². The predicted molar refractivity (Wildman–Crippen MR) is 83.9 cm³/mol. The highest BCUT2D eigenvalue weighted by Crippen LogP contribution is 2.19. The Bertz CT molecular complexity index is 482. The Morgan fingerprint density at radius 3 is 2.48 bits per heavy atom. The fourth-order valence-corrected chi connectivity index (χ4v) is 2.41. The highest BCUT2D eigenvalue weighted by molar-refractivity contribution is 5.85. The second kappa shape index (κ2) is 9.64. The molecule has 1 fully saturated rings. The lowest BCUT2D eigenvalue weighted by molar-refractivity contribution is -0.126. The molecular weight excluding hydrogens is 330 g/mol. The molecule has 130 valence electrons. The van der Waals surface area contributed by atoms with Gasteiger partial charge in [0.25, 0.3) is 0 Å². The fourth-order valence-electron chi connectivity index (χ4n) is 2.41. The van der Waals surface area contributed by atoms with E-state index in [9.17, 15) is 18.7 Å². The van der Waals surface area contributed by atoms with Crippen LogP contribution < -0.4 is 15.4 Å². The minimum absolute atomic E-state index is 0. The van der Waals surface area contributed by atoms with Crippen LogP contribution in [0.1, 0.15) is 24.5 Å². The van der Waals surface area contributed by atoms with Crippen LogP contribution in [0.4, 0.5) is 8.78 Å². The van der Waals surface area contributed by atoms with E-state index in [1.165, 1.54) is 24.3 Å². The number of aliphatic hydroxyl groups excluding tert-OH is 1. The van der Waals surface area contributed by atoms with Gasteiger partial charge in [-0.15, -0.1) is 12.4 Å². The zero-order valence-electron chi connectivity index (χ0n) is 12.5. The normalized spacial score (nSPS) is 16.5. The maximum atomic E-state index is 12.0. The fraction of sp³-hybridized carbons (Fsp3) is 0.533. The van der Waals surface area contributed by atoms with Gasteiger partial charge in [-0.25, -0.2) is 0 Å². The van der Waals surface area contributed by atoms with Crippen molar-refractivity contribution in [3.63, 3.8) is 0 Å². The minimum Gasteiger partial charge on any atom is -0.435 e. The SMILES string of the molecule is Cl.O=C(NCC(O)c1ccc(OC(F)F)cc1)C1CCNCC1. The van der Waals surface area contributed by atoms with Crippen molar-refractivity contribution < 1.29 is 23.4 Å². The van der Waals surface area contributed by atoms with Gasteiger partial charge in [-0.3, -0.25) is 4.79 Å². The summed E-state index contributed by atoms with van der Waals surface area (Å²) in [6.07, 6.45) is 0.703. The molecule has 1 unspecified atom stereocenters. The van der Waals surface area contributed by atoms with Crippen LogP contribution in [-0.4, -0.2) is 37.3 Å². The molecule has 0 bridgehead atoms. The van der Waals surface area contributed by atoms with Crippen molar-refractivity contribution in [3.05, 3.63) is 29.8 Å². The maximum absolute atomic E-state index is 12.0. The quantitative estimate of drug-likeness (QED) is 0.732. The molecule has 0 radical (unpaired) electrons. The van der Waals surface area contributed by atoms with E-state index in [4.69, 9.17) is 0 Å². The lowest BCUT2D eigenvalue weighted by Crippen LogP contribution is -2.39. The zero-order chi connectivity index (χ0) is 15.9. The number of hydrogen-bond donors (Lipinski definition) is 3. The largest absolute Gasteiger partial charge is 0.435 e. The average molecular weight is 351 g/mol. The molecule has 1 atom stereocenters. The van der Waals surface area contributed by atoms with Gasteiger partial charge in [-0.2, -0.15) is 8.78 Å². The lowest BCUT2D eigenvalue weighted by atomic mass is 9.97. The van der Waals surface area contributed by atoms with Crippen LogP contribution in [0, 0.1) is 5.92 Å². The smallest absolute Gasteiger partial charge is 0.387 e. The minimum atomic E-state index is -2.87. The second-order valence-electron chi connectivity index (χ2n) is 5.23. The third-order valence-corrected chi connectivity index (χ3v) is 3.67. The predicted octanol–water partition coefficient (Wildman–Crippen LogP) is 1.86. The third kappa shape index (κ3) is 6.29. The van der Waals surface area contributed by atoms with E-state index in [-0.39, 0.29) is 36.5 Å². The molecule has 23 heavy (non-hydrogen) atoms. The van der Waals surface area contributed by atoms with E-state index in [0.29, 0.717) is 5.56 Å². The van der Waals surface area contributed by atoms with Gasteiger partial charge in [0.2, 0.25) is 5.91 Å². The summed E-state index contributed by atoms with van der Waals surface area (Å²) < 4.78 is 28.3. The number of aliphatic hydroxyl groups is 1. The molecule has 1 heterocycles. The summed E-state index contributed by atoms with van der Waals surface area (Å²) in [6.45, 7) is -1.13. The number of hydrogen-bond acceptors (Lipinski definition) is 4. The Morgan fingerprint density at radius 2 is 1.91 bits per heavy atom. The number of carbonyl (C=O) groups is 1. The topological polar surface area (TPSA) is 70.6 Å². The number of benzene rings is 1. The van der Waals surface area contributed by atoms with Gasteiger partial charge < -0.3 is 20.5 Å². The summed E-state index contributed by atoms with van der Waals surface area (Å²) in [5.74, 6) is -0.0434. The van der Waals surface area contributed by atoms with E-state index >= 15 is 0 Å². The Morgan fingerprint density at radius 1 is 1.30 bits per heavy atom. The lowest BCUT2D eigenvalue weighted by Gasteiger charge is -2.22. The molecule has 1 aliphatic rings. The van der Waals surface area contributed by atoms with Crippen molar-refractivity contribution in [3.8, 4) is 5.75 Å². The van der Waals surface area contributed by atoms with Crippen molar-refractivity contribution in [2.45, 2.75) is 25.6 Å². The van der Waals surface area contributed by atoms with Crippen molar-refractivity contribution in [1.82, 2.24) is 10.6 Å². The molecule has 0 aliphatic carbocycles. The molecule has 1 amide bonds. The van der Waals surface area contributed by atoms with E-state index < -0.39 is 12.7 Å². The first kappa shape index (κ1) is 19.6. The summed E-state index contributed by atoms with van der Waals surface area (Å²) in [5, 5.41) is 15.9. The van der Waals surface area contributed by atoms with Gasteiger partial charge in [0.05, 0.1) is 6.10 Å². The van der Waals surface area contributed by atoms with Gasteiger partial charge in [-0.1, -0.05) is 12.1 Å². The number of halogens is 3. The summed E-state index contributed by atoms with van der Waals surface area (Å²) >= 11 is 0. The molecule has 3 N–H and O–H groups in total. The Kier molecular flexibility index (Phi) is 8.22. The molecular formula is C15H21ClF2N2O3. The monoisotopic (exact) mass is 350 g/mol. The number of alkyl halides is 2. The van der Waals surface area contributed by atoms with Crippen molar-refractivity contribution in [1.29, 1.82) is 0 Å². The van der Waals surface area contributed by atoms with Gasteiger partial charge in [0, 0.05) is 12.5 Å². The second-order valence-corrected chi connectivity index (χ2v) is 5.23. The molecule has 5 nitrogen and oxygen atoms in total. The van der Waals surface area contributed by atoms with Crippen LogP contribution in [0.2, 0.25) is 0 Å². The highest BCUT2D eigenvalue weighted by atomic mass is 35.5. The van der Waals surface area contributed by atoms with Crippen LogP contribution in [0.3, 0.4) is 0 Å². The number of piperidine rings is 1. The van der Waals surface area contributed by atoms with E-state index in [0.717, 1.165) is 25.9 Å². The Hall–Kier alpha value is -1.44.